The van der Waals surface area contributed by atoms with E-state index >= 15 is 0 Å². The maximum atomic E-state index is 5.43. The summed E-state index contributed by atoms with van der Waals surface area (Å²) < 4.78 is 7.73. The van der Waals surface area contributed by atoms with E-state index in [1.807, 2.05) is 6.07 Å². The highest BCUT2D eigenvalue weighted by Gasteiger charge is 2.13. The van der Waals surface area contributed by atoms with Gasteiger partial charge in [0.1, 0.15) is 5.82 Å². The highest BCUT2D eigenvalue weighted by atomic mass is 16.5. The van der Waals surface area contributed by atoms with E-state index in [0.29, 0.717) is 5.92 Å². The molecule has 2 heterocycles. The van der Waals surface area contributed by atoms with E-state index in [4.69, 9.17) is 9.73 Å². The van der Waals surface area contributed by atoms with E-state index in [1.54, 1.807) is 0 Å². The molecule has 1 fully saturated rings. The highest BCUT2D eigenvalue weighted by molar-refractivity contribution is 5.79. The minimum absolute atomic E-state index is 0.531. The highest BCUT2D eigenvalue weighted by Crippen LogP contribution is 2.15. The van der Waals surface area contributed by atoms with Gasteiger partial charge in [0.05, 0.1) is 24.2 Å². The van der Waals surface area contributed by atoms with Crippen molar-refractivity contribution in [2.24, 2.45) is 10.9 Å². The fourth-order valence-corrected chi connectivity index (χ4v) is 3.79. The monoisotopic (exact) mass is 400 g/mol. The molecule has 0 spiro atoms. The summed E-state index contributed by atoms with van der Waals surface area (Å²) in [6.45, 7) is 14.9. The van der Waals surface area contributed by atoms with E-state index in [-0.39, 0.29) is 0 Å². The van der Waals surface area contributed by atoms with Crippen LogP contribution < -0.4 is 10.6 Å². The number of aryl methyl sites for hydroxylation is 2. The summed E-state index contributed by atoms with van der Waals surface area (Å²) >= 11 is 0. The number of rotatable bonds is 9. The van der Waals surface area contributed by atoms with Crippen LogP contribution >= 0.6 is 0 Å². The van der Waals surface area contributed by atoms with Crippen LogP contribution in [0.15, 0.2) is 29.3 Å². The maximum Gasteiger partial charge on any atom is 0.191 e. The molecule has 2 N–H and O–H groups in total. The van der Waals surface area contributed by atoms with Crippen molar-refractivity contribution in [3.8, 4) is 0 Å². The number of morpholine rings is 1. The number of aromatic nitrogens is 2. The van der Waals surface area contributed by atoms with Crippen molar-refractivity contribution in [2.75, 3.05) is 52.5 Å². The van der Waals surface area contributed by atoms with Gasteiger partial charge >= 0.3 is 0 Å². The van der Waals surface area contributed by atoms with Crippen LogP contribution in [0.5, 0.6) is 0 Å². The van der Waals surface area contributed by atoms with Crippen molar-refractivity contribution < 1.29 is 4.74 Å². The van der Waals surface area contributed by atoms with Gasteiger partial charge in [0.25, 0.3) is 0 Å². The third kappa shape index (κ3) is 6.44. The predicted octanol–water partition coefficient (Wildman–Crippen LogP) is 2.26. The summed E-state index contributed by atoms with van der Waals surface area (Å²) in [5, 5.41) is 6.84. The van der Waals surface area contributed by atoms with Gasteiger partial charge in [-0.3, -0.25) is 9.89 Å². The Morgan fingerprint density at radius 1 is 1.24 bits per heavy atom. The number of guanidine groups is 1. The minimum Gasteiger partial charge on any atom is -0.379 e. The average molecular weight is 401 g/mol. The number of ether oxygens (including phenoxy) is 1. The Balaban J connectivity index is 1.44. The summed E-state index contributed by atoms with van der Waals surface area (Å²) in [4.78, 5) is 11.9. The first-order valence-electron chi connectivity index (χ1n) is 10.9. The van der Waals surface area contributed by atoms with E-state index in [9.17, 15) is 0 Å². The molecule has 0 aliphatic carbocycles. The third-order valence-electron chi connectivity index (χ3n) is 5.28. The zero-order valence-electron chi connectivity index (χ0n) is 18.2. The number of hydrogen-bond donors (Lipinski definition) is 2. The molecule has 29 heavy (non-hydrogen) atoms. The second kappa shape index (κ2) is 11.2. The van der Waals surface area contributed by atoms with Crippen LogP contribution in [0, 0.1) is 12.8 Å². The van der Waals surface area contributed by atoms with Crippen LogP contribution in [-0.4, -0.2) is 72.9 Å². The van der Waals surface area contributed by atoms with Crippen LogP contribution in [0.4, 0.5) is 0 Å². The Morgan fingerprint density at radius 3 is 2.83 bits per heavy atom. The van der Waals surface area contributed by atoms with Crippen molar-refractivity contribution in [3.63, 3.8) is 0 Å². The normalized spacial score (nSPS) is 16.9. The zero-order valence-corrected chi connectivity index (χ0v) is 18.2. The van der Waals surface area contributed by atoms with Crippen LogP contribution in [0.2, 0.25) is 0 Å². The molecule has 1 aliphatic heterocycles. The van der Waals surface area contributed by atoms with Gasteiger partial charge in [-0.25, -0.2) is 4.98 Å². The molecule has 1 atom stereocenters. The third-order valence-corrected chi connectivity index (χ3v) is 5.28. The summed E-state index contributed by atoms with van der Waals surface area (Å²) in [5.74, 6) is 2.51. The average Bonchev–Trinajstić information content (AvgIpc) is 3.05. The molecule has 7 nitrogen and oxygen atoms in total. The van der Waals surface area contributed by atoms with E-state index in [1.165, 1.54) is 5.52 Å². The minimum atomic E-state index is 0.531. The number of nitrogens with zero attached hydrogens (tertiary/aromatic N) is 4. The molecular weight excluding hydrogens is 364 g/mol. The molecule has 1 aromatic carbocycles. The van der Waals surface area contributed by atoms with Gasteiger partial charge in [0.15, 0.2) is 5.96 Å². The SMILES string of the molecule is CCNC(=NCC(C)CN1CCOCC1)NCCCn1c(C)nc2ccccc21. The summed E-state index contributed by atoms with van der Waals surface area (Å²) in [7, 11) is 0. The van der Waals surface area contributed by atoms with Crippen molar-refractivity contribution in [1.29, 1.82) is 0 Å². The smallest absolute Gasteiger partial charge is 0.191 e. The van der Waals surface area contributed by atoms with Crippen molar-refractivity contribution >= 4 is 17.0 Å². The lowest BCUT2D eigenvalue weighted by atomic mass is 10.1. The number of hydrogen-bond acceptors (Lipinski definition) is 4. The molecule has 0 saturated carbocycles. The number of benzene rings is 1. The van der Waals surface area contributed by atoms with E-state index in [2.05, 4.69) is 64.1 Å². The molecule has 1 aliphatic rings. The predicted molar refractivity (Wildman–Crippen MR) is 119 cm³/mol. The topological polar surface area (TPSA) is 66.7 Å². The van der Waals surface area contributed by atoms with Crippen molar-refractivity contribution in [2.45, 2.75) is 33.7 Å². The molecule has 0 bridgehead atoms. The molecule has 1 unspecified atom stereocenters. The number of imidazole rings is 1. The zero-order chi connectivity index (χ0) is 20.5. The van der Waals surface area contributed by atoms with E-state index < -0.39 is 0 Å². The number of aliphatic imine (C=N–C) groups is 1. The lowest BCUT2D eigenvalue weighted by Gasteiger charge is -2.28. The lowest BCUT2D eigenvalue weighted by Crippen LogP contribution is -2.40. The first-order chi connectivity index (χ1) is 14.2. The molecule has 0 amide bonds. The van der Waals surface area contributed by atoms with Crippen LogP contribution in [0.1, 0.15) is 26.1 Å². The van der Waals surface area contributed by atoms with Crippen LogP contribution in [0.25, 0.3) is 11.0 Å². The van der Waals surface area contributed by atoms with Gasteiger partial charge in [-0.2, -0.15) is 0 Å². The Morgan fingerprint density at radius 2 is 2.03 bits per heavy atom. The first kappa shape index (κ1) is 21.6. The molecular formula is C22H36N6O. The van der Waals surface area contributed by atoms with Gasteiger partial charge in [0, 0.05) is 45.8 Å². The summed E-state index contributed by atoms with van der Waals surface area (Å²) in [5.41, 5.74) is 2.28. The number of para-hydroxylation sites is 2. The Bertz CT molecular complexity index is 781. The second-order valence-electron chi connectivity index (χ2n) is 7.82. The lowest BCUT2D eigenvalue weighted by molar-refractivity contribution is 0.0323. The van der Waals surface area contributed by atoms with Crippen LogP contribution in [-0.2, 0) is 11.3 Å². The van der Waals surface area contributed by atoms with Gasteiger partial charge in [-0.05, 0) is 38.3 Å². The molecule has 3 rings (SSSR count). The molecule has 0 radical (unpaired) electrons. The van der Waals surface area contributed by atoms with Gasteiger partial charge in [-0.15, -0.1) is 0 Å². The number of nitrogens with one attached hydrogen (secondary N) is 2. The fourth-order valence-electron chi connectivity index (χ4n) is 3.79. The molecule has 1 aromatic heterocycles. The molecule has 160 valence electrons. The van der Waals surface area contributed by atoms with Crippen LogP contribution in [0.3, 0.4) is 0 Å². The Labute approximate surface area is 174 Å². The van der Waals surface area contributed by atoms with E-state index in [0.717, 1.165) is 82.7 Å². The maximum absolute atomic E-state index is 5.43. The van der Waals surface area contributed by atoms with Crippen molar-refractivity contribution in [1.82, 2.24) is 25.1 Å². The number of fused-ring (bicyclic) bond motifs is 1. The quantitative estimate of drug-likeness (QED) is 0.384. The van der Waals surface area contributed by atoms with Gasteiger partial charge in [0.2, 0.25) is 0 Å². The summed E-state index contributed by atoms with van der Waals surface area (Å²) in [6, 6.07) is 8.33. The molecule has 7 heteroatoms. The first-order valence-corrected chi connectivity index (χ1v) is 10.9. The van der Waals surface area contributed by atoms with Gasteiger partial charge in [-0.1, -0.05) is 19.1 Å². The second-order valence-corrected chi connectivity index (χ2v) is 7.82. The Hall–Kier alpha value is -2.12. The molecule has 2 aromatic rings. The van der Waals surface area contributed by atoms with Crippen molar-refractivity contribution in [3.05, 3.63) is 30.1 Å². The van der Waals surface area contributed by atoms with Gasteiger partial charge < -0.3 is 19.9 Å². The molecule has 1 saturated heterocycles. The largest absolute Gasteiger partial charge is 0.379 e. The standard InChI is InChI=1S/C22H36N6O/c1-4-23-22(25-16-18(2)17-27-12-14-29-15-13-27)24-10-7-11-28-19(3)26-20-8-5-6-9-21(20)28/h5-6,8-9,18H,4,7,10-17H2,1-3H3,(H2,23,24,25). The fraction of sp³-hybridized carbons (Fsp3) is 0.636. The summed E-state index contributed by atoms with van der Waals surface area (Å²) in [6.07, 6.45) is 1.02. The Kier molecular flexibility index (Phi) is 8.31.